The fraction of sp³-hybridized carbons (Fsp3) is 0. The molecular weight excluding hydrogens is 387 g/mol. The van der Waals surface area contributed by atoms with Crippen LogP contribution in [0.1, 0.15) is 0 Å². The van der Waals surface area contributed by atoms with Gasteiger partial charge in [-0.05, 0) is 29.0 Å². The molecule has 1 radical (unpaired) electrons. The minimum absolute atomic E-state index is 0.846. The molecule has 0 unspecified atom stereocenters. The number of hydrogen-bond acceptors (Lipinski definition) is 3. The van der Waals surface area contributed by atoms with E-state index in [4.69, 9.17) is 4.98 Å². The molecule has 0 bridgehead atoms. The lowest BCUT2D eigenvalue weighted by atomic mass is 9.88. The van der Waals surface area contributed by atoms with Crippen LogP contribution in [0.2, 0.25) is 0 Å². The van der Waals surface area contributed by atoms with Crippen molar-refractivity contribution in [3.8, 4) is 17.1 Å². The summed E-state index contributed by atoms with van der Waals surface area (Å²) in [5.41, 5.74) is 5.08. The van der Waals surface area contributed by atoms with Crippen LogP contribution in [0.3, 0.4) is 0 Å². The first-order chi connectivity index (χ1) is 14.8. The number of para-hydroxylation sites is 2. The maximum Gasteiger partial charge on any atom is 0.328 e. The fourth-order valence-corrected chi connectivity index (χ4v) is 5.44. The van der Waals surface area contributed by atoms with E-state index in [1.54, 1.807) is 11.3 Å². The molecule has 0 saturated heterocycles. The third-order valence-electron chi connectivity index (χ3n) is 5.51. The summed E-state index contributed by atoms with van der Waals surface area (Å²) in [7, 11) is 1.19. The Labute approximate surface area is 178 Å². The standard InChI is InChI=1S/C25H16BN2OS/c29-26-19-12-6-10-17-18-11-7-15-22(24(18)30-23(17)19)28-21-14-5-4-13-20(21)27-25(28)16-8-2-1-3-9-16/h1-15,29H. The van der Waals surface area contributed by atoms with Gasteiger partial charge in [0, 0.05) is 15.6 Å². The third kappa shape index (κ3) is 2.53. The lowest BCUT2D eigenvalue weighted by Crippen LogP contribution is -2.12. The number of rotatable bonds is 3. The Morgan fingerprint density at radius 3 is 2.30 bits per heavy atom. The van der Waals surface area contributed by atoms with E-state index >= 15 is 0 Å². The van der Waals surface area contributed by atoms with Gasteiger partial charge in [0.05, 0.1) is 21.4 Å². The highest BCUT2D eigenvalue weighted by Gasteiger charge is 2.18. The number of aromatic nitrogens is 2. The Morgan fingerprint density at radius 1 is 0.733 bits per heavy atom. The maximum atomic E-state index is 9.71. The minimum Gasteiger partial charge on any atom is -0.450 e. The van der Waals surface area contributed by atoms with E-state index in [1.165, 1.54) is 17.6 Å². The van der Waals surface area contributed by atoms with Gasteiger partial charge in [-0.3, -0.25) is 4.57 Å². The molecule has 5 heteroatoms. The minimum atomic E-state index is 0.846. The number of thiophene rings is 1. The molecule has 30 heavy (non-hydrogen) atoms. The lowest BCUT2D eigenvalue weighted by molar-refractivity contribution is 0.616. The Morgan fingerprint density at radius 2 is 1.47 bits per heavy atom. The van der Waals surface area contributed by atoms with Gasteiger partial charge in [-0.25, -0.2) is 4.98 Å². The zero-order chi connectivity index (χ0) is 20.1. The first-order valence-electron chi connectivity index (χ1n) is 9.80. The van der Waals surface area contributed by atoms with Crippen LogP contribution in [0.4, 0.5) is 0 Å². The molecule has 4 aromatic carbocycles. The van der Waals surface area contributed by atoms with Crippen molar-refractivity contribution in [2.75, 3.05) is 0 Å². The number of nitrogens with zero attached hydrogens (tertiary/aromatic N) is 2. The smallest absolute Gasteiger partial charge is 0.328 e. The van der Waals surface area contributed by atoms with Crippen LogP contribution in [0.5, 0.6) is 0 Å². The molecule has 0 atom stereocenters. The third-order valence-corrected chi connectivity index (χ3v) is 6.80. The largest absolute Gasteiger partial charge is 0.450 e. The molecule has 0 aliphatic heterocycles. The topological polar surface area (TPSA) is 38.0 Å². The molecule has 2 aromatic heterocycles. The van der Waals surface area contributed by atoms with Crippen molar-refractivity contribution in [2.24, 2.45) is 0 Å². The van der Waals surface area contributed by atoms with Gasteiger partial charge in [0.1, 0.15) is 5.82 Å². The van der Waals surface area contributed by atoms with E-state index in [0.29, 0.717) is 0 Å². The van der Waals surface area contributed by atoms with Gasteiger partial charge in [0.2, 0.25) is 0 Å². The average molecular weight is 403 g/mol. The van der Waals surface area contributed by atoms with Crippen molar-refractivity contribution >= 4 is 55.5 Å². The van der Waals surface area contributed by atoms with Gasteiger partial charge in [-0.2, -0.15) is 0 Å². The monoisotopic (exact) mass is 403 g/mol. The van der Waals surface area contributed by atoms with Gasteiger partial charge in [0.15, 0.2) is 0 Å². The van der Waals surface area contributed by atoms with Crippen LogP contribution < -0.4 is 5.46 Å². The summed E-state index contributed by atoms with van der Waals surface area (Å²) in [4.78, 5) is 4.98. The molecule has 0 aliphatic rings. The van der Waals surface area contributed by atoms with E-state index in [0.717, 1.165) is 43.7 Å². The fourth-order valence-electron chi connectivity index (χ4n) is 4.16. The van der Waals surface area contributed by atoms with Gasteiger partial charge in [-0.15, -0.1) is 11.3 Å². The second-order valence-corrected chi connectivity index (χ2v) is 8.26. The highest BCUT2D eigenvalue weighted by molar-refractivity contribution is 7.27. The van der Waals surface area contributed by atoms with Crippen LogP contribution in [0, 0.1) is 0 Å². The summed E-state index contributed by atoms with van der Waals surface area (Å²) >= 11 is 1.71. The summed E-state index contributed by atoms with van der Waals surface area (Å²) in [5, 5.41) is 12.1. The second kappa shape index (κ2) is 6.83. The summed E-state index contributed by atoms with van der Waals surface area (Å²) in [6.07, 6.45) is 0. The van der Waals surface area contributed by atoms with Crippen LogP contribution in [-0.4, -0.2) is 22.1 Å². The molecule has 6 rings (SSSR count). The molecule has 141 valence electrons. The van der Waals surface area contributed by atoms with Crippen LogP contribution in [0.15, 0.2) is 91.0 Å². The molecule has 6 aromatic rings. The zero-order valence-corrected chi connectivity index (χ0v) is 16.8. The van der Waals surface area contributed by atoms with E-state index in [1.807, 2.05) is 36.4 Å². The second-order valence-electron chi connectivity index (χ2n) is 7.23. The van der Waals surface area contributed by atoms with Gasteiger partial charge in [-0.1, -0.05) is 72.8 Å². The molecule has 0 aliphatic carbocycles. The number of hydrogen-bond donors (Lipinski definition) is 1. The normalized spacial score (nSPS) is 11.5. The highest BCUT2D eigenvalue weighted by Crippen LogP contribution is 2.39. The Hall–Kier alpha value is -3.41. The van der Waals surface area contributed by atoms with Crippen molar-refractivity contribution in [1.29, 1.82) is 0 Å². The SMILES string of the molecule is O[B]c1cccc2c1sc1c(-n3c(-c4ccccc4)nc4ccccc43)cccc12. The molecular formula is C25H16BN2OS. The van der Waals surface area contributed by atoms with Crippen molar-refractivity contribution in [3.63, 3.8) is 0 Å². The Kier molecular flexibility index (Phi) is 3.98. The van der Waals surface area contributed by atoms with Gasteiger partial charge >= 0.3 is 7.48 Å². The summed E-state index contributed by atoms with van der Waals surface area (Å²) in [6.45, 7) is 0. The molecule has 0 amide bonds. The molecule has 3 nitrogen and oxygen atoms in total. The molecule has 0 spiro atoms. The Balaban J connectivity index is 1.75. The van der Waals surface area contributed by atoms with E-state index in [2.05, 4.69) is 59.2 Å². The van der Waals surface area contributed by atoms with Gasteiger partial charge in [0.25, 0.3) is 0 Å². The summed E-state index contributed by atoms with van der Waals surface area (Å²) in [5.74, 6) is 0.927. The lowest BCUT2D eigenvalue weighted by Gasteiger charge is -2.11. The van der Waals surface area contributed by atoms with Crippen molar-refractivity contribution in [2.45, 2.75) is 0 Å². The quantitative estimate of drug-likeness (QED) is 0.408. The number of benzene rings is 4. The van der Waals surface area contributed by atoms with Gasteiger partial charge < -0.3 is 5.02 Å². The molecule has 1 N–H and O–H groups in total. The van der Waals surface area contributed by atoms with E-state index in [9.17, 15) is 5.02 Å². The van der Waals surface area contributed by atoms with Crippen molar-refractivity contribution in [3.05, 3.63) is 91.0 Å². The first kappa shape index (κ1) is 17.5. The van der Waals surface area contributed by atoms with Crippen LogP contribution in [-0.2, 0) is 0 Å². The van der Waals surface area contributed by atoms with Crippen LogP contribution in [0.25, 0.3) is 48.3 Å². The average Bonchev–Trinajstić information content (AvgIpc) is 3.38. The predicted molar refractivity (Wildman–Crippen MR) is 127 cm³/mol. The molecule has 0 saturated carbocycles. The molecule has 2 heterocycles. The van der Waals surface area contributed by atoms with E-state index < -0.39 is 0 Å². The summed E-state index contributed by atoms with van der Waals surface area (Å²) < 4.78 is 4.53. The van der Waals surface area contributed by atoms with Crippen molar-refractivity contribution in [1.82, 2.24) is 9.55 Å². The Bertz CT molecular complexity index is 1540. The molecule has 0 fully saturated rings. The zero-order valence-electron chi connectivity index (χ0n) is 16.0. The van der Waals surface area contributed by atoms with Crippen molar-refractivity contribution < 1.29 is 5.02 Å². The summed E-state index contributed by atoms with van der Waals surface area (Å²) in [6, 6.07) is 31.0. The first-order valence-corrected chi connectivity index (χ1v) is 10.6. The predicted octanol–water partition coefficient (Wildman–Crippen LogP) is 5.30. The van der Waals surface area contributed by atoms with Crippen LogP contribution >= 0.6 is 11.3 Å². The van der Waals surface area contributed by atoms with E-state index in [-0.39, 0.29) is 0 Å². The number of fused-ring (bicyclic) bond motifs is 4. The maximum absolute atomic E-state index is 9.71. The number of imidazole rings is 1. The highest BCUT2D eigenvalue weighted by atomic mass is 32.1.